The van der Waals surface area contributed by atoms with E-state index in [2.05, 4.69) is 19.9 Å². The van der Waals surface area contributed by atoms with Crippen molar-refractivity contribution in [1.29, 1.82) is 0 Å². The molecule has 7 nitrogen and oxygen atoms in total. The standard InChI is InChI=1S/C17H10ClN3O4S/c18-10-1-3-11(4-2-10)24-17(22)15-9-26-16(19-15)8-23-12-5-6-13-14(7-12)21-25-20-13/h1-7,9H,8H2. The van der Waals surface area contributed by atoms with E-state index in [1.807, 2.05) is 0 Å². The van der Waals surface area contributed by atoms with Gasteiger partial charge >= 0.3 is 5.97 Å². The first kappa shape index (κ1) is 16.5. The topological polar surface area (TPSA) is 87.3 Å². The van der Waals surface area contributed by atoms with Crippen LogP contribution in [-0.4, -0.2) is 21.3 Å². The minimum atomic E-state index is -0.537. The van der Waals surface area contributed by atoms with Crippen molar-refractivity contribution in [3.63, 3.8) is 0 Å². The molecule has 0 radical (unpaired) electrons. The summed E-state index contributed by atoms with van der Waals surface area (Å²) in [5, 5.41) is 10.3. The van der Waals surface area contributed by atoms with Crippen molar-refractivity contribution in [2.75, 3.05) is 0 Å². The maximum atomic E-state index is 12.1. The molecule has 0 fully saturated rings. The second-order valence-electron chi connectivity index (χ2n) is 5.17. The Morgan fingerprint density at radius 2 is 1.85 bits per heavy atom. The van der Waals surface area contributed by atoms with Crippen LogP contribution in [-0.2, 0) is 6.61 Å². The fourth-order valence-electron chi connectivity index (χ4n) is 2.13. The Labute approximate surface area is 156 Å². The fraction of sp³-hybridized carbons (Fsp3) is 0.0588. The highest BCUT2D eigenvalue weighted by molar-refractivity contribution is 7.09. The van der Waals surface area contributed by atoms with Gasteiger partial charge in [0.1, 0.15) is 34.1 Å². The molecule has 0 aliphatic rings. The first-order valence-electron chi connectivity index (χ1n) is 7.45. The number of fused-ring (bicyclic) bond motifs is 1. The van der Waals surface area contributed by atoms with Crippen molar-refractivity contribution in [1.82, 2.24) is 15.3 Å². The van der Waals surface area contributed by atoms with Crippen molar-refractivity contribution in [3.05, 3.63) is 63.6 Å². The number of rotatable bonds is 5. The van der Waals surface area contributed by atoms with E-state index in [4.69, 9.17) is 21.1 Å². The monoisotopic (exact) mass is 387 g/mol. The molecule has 130 valence electrons. The van der Waals surface area contributed by atoms with Gasteiger partial charge in [-0.2, -0.15) is 0 Å². The first-order valence-corrected chi connectivity index (χ1v) is 8.70. The van der Waals surface area contributed by atoms with Crippen LogP contribution in [0.5, 0.6) is 11.5 Å². The number of halogens is 1. The Morgan fingerprint density at radius 3 is 2.69 bits per heavy atom. The second-order valence-corrected chi connectivity index (χ2v) is 6.55. The summed E-state index contributed by atoms with van der Waals surface area (Å²) in [5.41, 5.74) is 1.48. The lowest BCUT2D eigenvalue weighted by Gasteiger charge is -2.03. The van der Waals surface area contributed by atoms with Gasteiger partial charge in [-0.15, -0.1) is 11.3 Å². The number of esters is 1. The van der Waals surface area contributed by atoms with Crippen LogP contribution in [0.3, 0.4) is 0 Å². The van der Waals surface area contributed by atoms with E-state index in [1.165, 1.54) is 11.3 Å². The zero-order chi connectivity index (χ0) is 17.9. The van der Waals surface area contributed by atoms with E-state index in [0.717, 1.165) is 0 Å². The van der Waals surface area contributed by atoms with Gasteiger partial charge in [0.25, 0.3) is 0 Å². The first-order chi connectivity index (χ1) is 12.7. The quantitative estimate of drug-likeness (QED) is 0.375. The molecule has 0 atom stereocenters. The van der Waals surface area contributed by atoms with Crippen LogP contribution in [0.15, 0.2) is 52.5 Å². The Morgan fingerprint density at radius 1 is 1.08 bits per heavy atom. The molecule has 2 aromatic heterocycles. The van der Waals surface area contributed by atoms with E-state index in [0.29, 0.717) is 32.6 Å². The van der Waals surface area contributed by atoms with Crippen molar-refractivity contribution < 1.29 is 18.9 Å². The molecule has 0 unspecified atom stereocenters. The van der Waals surface area contributed by atoms with Gasteiger partial charge in [0, 0.05) is 16.5 Å². The Balaban J connectivity index is 1.39. The molecule has 0 saturated heterocycles. The molecule has 0 saturated carbocycles. The highest BCUT2D eigenvalue weighted by Gasteiger charge is 2.14. The zero-order valence-electron chi connectivity index (χ0n) is 13.1. The molecule has 9 heteroatoms. The average molecular weight is 388 g/mol. The predicted octanol–water partition coefficient (Wildman–Crippen LogP) is 4.13. The summed E-state index contributed by atoms with van der Waals surface area (Å²) in [6, 6.07) is 11.7. The Hall–Kier alpha value is -2.97. The number of hydrogen-bond acceptors (Lipinski definition) is 8. The number of nitrogens with zero attached hydrogens (tertiary/aromatic N) is 3. The summed E-state index contributed by atoms with van der Waals surface area (Å²) in [6.45, 7) is 0.218. The number of benzene rings is 2. The molecule has 0 bridgehead atoms. The minimum absolute atomic E-state index is 0.218. The molecule has 0 N–H and O–H groups in total. The molecule has 2 aromatic carbocycles. The SMILES string of the molecule is O=C(Oc1ccc(Cl)cc1)c1csc(COc2ccc3nonc3c2)n1. The second kappa shape index (κ2) is 7.11. The molecule has 0 aliphatic carbocycles. The summed E-state index contributed by atoms with van der Waals surface area (Å²) in [4.78, 5) is 16.4. The van der Waals surface area contributed by atoms with Crippen molar-refractivity contribution in [2.45, 2.75) is 6.61 Å². The summed E-state index contributed by atoms with van der Waals surface area (Å²) in [7, 11) is 0. The molecule has 0 amide bonds. The molecule has 0 aliphatic heterocycles. The molecular formula is C17H10ClN3O4S. The van der Waals surface area contributed by atoms with E-state index in [1.54, 1.807) is 47.8 Å². The van der Waals surface area contributed by atoms with Gasteiger partial charge < -0.3 is 9.47 Å². The number of hydrogen-bond donors (Lipinski definition) is 0. The summed E-state index contributed by atoms with van der Waals surface area (Å²) >= 11 is 7.11. The van der Waals surface area contributed by atoms with Gasteiger partial charge in [-0.3, -0.25) is 0 Å². The molecule has 4 rings (SSSR count). The van der Waals surface area contributed by atoms with Gasteiger partial charge in [-0.1, -0.05) is 11.6 Å². The smallest absolute Gasteiger partial charge is 0.363 e. The zero-order valence-corrected chi connectivity index (χ0v) is 14.7. The maximum absolute atomic E-state index is 12.1. The molecule has 0 spiro atoms. The predicted molar refractivity (Wildman–Crippen MR) is 94.7 cm³/mol. The summed E-state index contributed by atoms with van der Waals surface area (Å²) < 4.78 is 15.6. The van der Waals surface area contributed by atoms with Gasteiger partial charge in [0.05, 0.1) is 0 Å². The lowest BCUT2D eigenvalue weighted by atomic mass is 10.3. The number of aromatic nitrogens is 3. The Kier molecular flexibility index (Phi) is 4.51. The number of ether oxygens (including phenoxy) is 2. The van der Waals surface area contributed by atoms with Crippen LogP contribution in [0.25, 0.3) is 11.0 Å². The number of carbonyl (C=O) groups is 1. The van der Waals surface area contributed by atoms with Gasteiger partial charge in [-0.25, -0.2) is 14.4 Å². The third kappa shape index (κ3) is 3.66. The summed E-state index contributed by atoms with van der Waals surface area (Å²) in [5.74, 6) is 0.471. The number of thiazole rings is 1. The maximum Gasteiger partial charge on any atom is 0.363 e. The van der Waals surface area contributed by atoms with Gasteiger partial charge in [0.15, 0.2) is 5.69 Å². The highest BCUT2D eigenvalue weighted by Crippen LogP contribution is 2.21. The van der Waals surface area contributed by atoms with Crippen LogP contribution >= 0.6 is 22.9 Å². The lowest BCUT2D eigenvalue weighted by molar-refractivity contribution is 0.0729. The van der Waals surface area contributed by atoms with Crippen LogP contribution in [0.2, 0.25) is 5.02 Å². The van der Waals surface area contributed by atoms with Crippen LogP contribution in [0, 0.1) is 0 Å². The highest BCUT2D eigenvalue weighted by atomic mass is 35.5. The van der Waals surface area contributed by atoms with Crippen molar-refractivity contribution in [3.8, 4) is 11.5 Å². The normalized spacial score (nSPS) is 10.8. The van der Waals surface area contributed by atoms with E-state index in [-0.39, 0.29) is 12.3 Å². The number of carbonyl (C=O) groups excluding carboxylic acids is 1. The average Bonchev–Trinajstić information content (AvgIpc) is 3.30. The van der Waals surface area contributed by atoms with Crippen molar-refractivity contribution >= 4 is 39.9 Å². The van der Waals surface area contributed by atoms with Gasteiger partial charge in [-0.05, 0) is 46.7 Å². The molecule has 4 aromatic rings. The Bertz CT molecular complexity index is 1060. The molecule has 26 heavy (non-hydrogen) atoms. The van der Waals surface area contributed by atoms with E-state index in [9.17, 15) is 4.79 Å². The third-order valence-corrected chi connectivity index (χ3v) is 4.45. The van der Waals surface area contributed by atoms with Crippen molar-refractivity contribution in [2.24, 2.45) is 0 Å². The fourth-order valence-corrected chi connectivity index (χ4v) is 2.93. The molecular weight excluding hydrogens is 378 g/mol. The lowest BCUT2D eigenvalue weighted by Crippen LogP contribution is -2.09. The largest absolute Gasteiger partial charge is 0.486 e. The van der Waals surface area contributed by atoms with E-state index >= 15 is 0 Å². The third-order valence-electron chi connectivity index (χ3n) is 3.37. The van der Waals surface area contributed by atoms with E-state index < -0.39 is 5.97 Å². The van der Waals surface area contributed by atoms with Gasteiger partial charge in [0.2, 0.25) is 0 Å². The van der Waals surface area contributed by atoms with Crippen LogP contribution in [0.4, 0.5) is 0 Å². The van der Waals surface area contributed by atoms with Crippen LogP contribution in [0.1, 0.15) is 15.5 Å². The van der Waals surface area contributed by atoms with Crippen LogP contribution < -0.4 is 9.47 Å². The molecule has 2 heterocycles. The minimum Gasteiger partial charge on any atom is -0.486 e. The summed E-state index contributed by atoms with van der Waals surface area (Å²) in [6.07, 6.45) is 0.